The zero-order chi connectivity index (χ0) is 8.59. The van der Waals surface area contributed by atoms with Gasteiger partial charge in [-0.25, -0.2) is 0 Å². The average molecular weight is 212 g/mol. The van der Waals surface area contributed by atoms with Crippen molar-refractivity contribution in [1.29, 1.82) is 0 Å². The van der Waals surface area contributed by atoms with Crippen LogP contribution in [0.5, 0.6) is 0 Å². The molecule has 0 aliphatic rings. The summed E-state index contributed by atoms with van der Waals surface area (Å²) in [6.45, 7) is 0. The molecule has 60 valence electrons. The normalized spacial score (nSPS) is 10.2. The Bertz CT molecular complexity index is 344. The van der Waals surface area contributed by atoms with E-state index in [0.717, 1.165) is 0 Å². The summed E-state index contributed by atoms with van der Waals surface area (Å²) < 4.78 is 1.19. The van der Waals surface area contributed by atoms with Crippen molar-refractivity contribution in [3.05, 3.63) is 31.6 Å². The van der Waals surface area contributed by atoms with E-state index in [0.29, 0.717) is 0 Å². The lowest BCUT2D eigenvalue weighted by molar-refractivity contribution is 0.862. The number of hydrogen-bond acceptors (Lipinski definition) is 1. The van der Waals surface area contributed by atoms with Gasteiger partial charge in [-0.3, -0.25) is 9.36 Å². The van der Waals surface area contributed by atoms with Gasteiger partial charge < -0.3 is 0 Å². The van der Waals surface area contributed by atoms with E-state index in [1.165, 1.54) is 17.7 Å². The van der Waals surface area contributed by atoms with Crippen molar-refractivity contribution in [2.45, 2.75) is 0 Å². The van der Waals surface area contributed by atoms with Gasteiger partial charge in [-0.05, 0) is 6.07 Å². The van der Waals surface area contributed by atoms with Crippen LogP contribution in [-0.2, 0) is 7.05 Å². The lowest BCUT2D eigenvalue weighted by Crippen LogP contribution is -2.17. The van der Waals surface area contributed by atoms with Crippen LogP contribution >= 0.6 is 34.8 Å². The Kier molecular flexibility index (Phi) is 2.47. The second-order valence-electron chi connectivity index (χ2n) is 2.00. The zero-order valence-electron chi connectivity index (χ0n) is 5.57. The summed E-state index contributed by atoms with van der Waals surface area (Å²) in [5.41, 5.74) is -0.346. The van der Waals surface area contributed by atoms with Crippen molar-refractivity contribution >= 4 is 34.8 Å². The number of pyridine rings is 1. The molecule has 0 unspecified atom stereocenters. The van der Waals surface area contributed by atoms with E-state index in [1.807, 2.05) is 0 Å². The summed E-state index contributed by atoms with van der Waals surface area (Å²) in [7, 11) is 1.50. The second-order valence-corrected chi connectivity index (χ2v) is 3.17. The van der Waals surface area contributed by atoms with Crippen molar-refractivity contribution in [2.75, 3.05) is 0 Å². The number of aromatic nitrogens is 1. The first-order chi connectivity index (χ1) is 5.04. The number of nitrogens with zero attached hydrogens (tertiary/aromatic N) is 1. The lowest BCUT2D eigenvalue weighted by Gasteiger charge is -2.02. The molecule has 1 heterocycles. The number of halogens is 3. The Morgan fingerprint density at radius 2 is 1.82 bits per heavy atom. The fourth-order valence-corrected chi connectivity index (χ4v) is 1.30. The first-order valence-corrected chi connectivity index (χ1v) is 3.88. The van der Waals surface area contributed by atoms with Crippen molar-refractivity contribution in [1.82, 2.24) is 4.57 Å². The molecule has 0 saturated carbocycles. The highest BCUT2D eigenvalue weighted by atomic mass is 35.5. The first kappa shape index (κ1) is 8.91. The minimum atomic E-state index is -0.346. The van der Waals surface area contributed by atoms with Gasteiger partial charge in [-0.1, -0.05) is 34.8 Å². The minimum absolute atomic E-state index is 0.0712. The van der Waals surface area contributed by atoms with Crippen LogP contribution in [0.25, 0.3) is 0 Å². The number of rotatable bonds is 0. The van der Waals surface area contributed by atoms with Crippen LogP contribution in [0.4, 0.5) is 0 Å². The summed E-state index contributed by atoms with van der Waals surface area (Å²) in [6, 6.07) is 1.33. The Morgan fingerprint density at radius 1 is 1.27 bits per heavy atom. The van der Waals surface area contributed by atoms with Crippen LogP contribution < -0.4 is 5.56 Å². The van der Waals surface area contributed by atoms with Crippen molar-refractivity contribution in [3.8, 4) is 0 Å². The van der Waals surface area contributed by atoms with Gasteiger partial charge in [0.2, 0.25) is 0 Å². The Labute approximate surface area is 78.3 Å². The maximum absolute atomic E-state index is 11.0. The van der Waals surface area contributed by atoms with Crippen molar-refractivity contribution in [2.24, 2.45) is 7.05 Å². The van der Waals surface area contributed by atoms with Gasteiger partial charge in [0.15, 0.2) is 0 Å². The van der Waals surface area contributed by atoms with E-state index in [-0.39, 0.29) is 20.8 Å². The summed E-state index contributed by atoms with van der Waals surface area (Å²) in [5, 5.41) is 0.543. The van der Waals surface area contributed by atoms with Gasteiger partial charge in [-0.2, -0.15) is 0 Å². The van der Waals surface area contributed by atoms with E-state index >= 15 is 0 Å². The van der Waals surface area contributed by atoms with E-state index < -0.39 is 0 Å². The third-order valence-corrected chi connectivity index (χ3v) is 2.37. The van der Waals surface area contributed by atoms with Gasteiger partial charge in [0, 0.05) is 7.05 Å². The lowest BCUT2D eigenvalue weighted by atomic mass is 10.5. The average Bonchev–Trinajstić information content (AvgIpc) is 1.97. The van der Waals surface area contributed by atoms with Crippen LogP contribution in [-0.4, -0.2) is 4.57 Å². The topological polar surface area (TPSA) is 22.0 Å². The molecule has 0 fully saturated rings. The molecular formula is C6H4Cl3NO. The monoisotopic (exact) mass is 211 g/mol. The fraction of sp³-hybridized carbons (Fsp3) is 0.167. The minimum Gasteiger partial charge on any atom is -0.300 e. The van der Waals surface area contributed by atoms with Crippen LogP contribution in [0, 0.1) is 0 Å². The summed E-state index contributed by atoms with van der Waals surface area (Å²) in [5.74, 6) is 0. The molecule has 0 N–H and O–H groups in total. The molecule has 0 aliphatic carbocycles. The Morgan fingerprint density at radius 3 is 2.36 bits per heavy atom. The summed E-state index contributed by atoms with van der Waals surface area (Å²) in [6.07, 6.45) is 0. The molecule has 1 aromatic heterocycles. The highest BCUT2D eigenvalue weighted by Gasteiger charge is 2.06. The predicted octanol–water partition coefficient (Wildman–Crippen LogP) is 2.35. The van der Waals surface area contributed by atoms with Crippen LogP contribution in [0.3, 0.4) is 0 Å². The zero-order valence-corrected chi connectivity index (χ0v) is 7.83. The molecule has 0 aliphatic heterocycles. The smallest absolute Gasteiger partial charge is 0.270 e. The summed E-state index contributed by atoms with van der Waals surface area (Å²) in [4.78, 5) is 11.0. The van der Waals surface area contributed by atoms with E-state index in [9.17, 15) is 4.79 Å². The Balaban J connectivity index is 3.59. The van der Waals surface area contributed by atoms with Gasteiger partial charge in [-0.15, -0.1) is 0 Å². The third kappa shape index (κ3) is 1.53. The SMILES string of the molecule is Cn1c(Cl)c(Cl)cc(Cl)c1=O. The molecule has 5 heteroatoms. The Hall–Kier alpha value is -0.180. The molecule has 0 atom stereocenters. The van der Waals surface area contributed by atoms with Crippen molar-refractivity contribution < 1.29 is 0 Å². The van der Waals surface area contributed by atoms with Gasteiger partial charge in [0.25, 0.3) is 5.56 Å². The maximum Gasteiger partial charge on any atom is 0.270 e. The van der Waals surface area contributed by atoms with Crippen LogP contribution in [0.1, 0.15) is 0 Å². The molecule has 0 amide bonds. The van der Waals surface area contributed by atoms with Crippen molar-refractivity contribution in [3.63, 3.8) is 0 Å². The predicted molar refractivity (Wildman–Crippen MR) is 46.7 cm³/mol. The van der Waals surface area contributed by atoms with Gasteiger partial charge in [0.1, 0.15) is 10.2 Å². The molecule has 0 radical (unpaired) electrons. The highest BCUT2D eigenvalue weighted by molar-refractivity contribution is 6.42. The molecule has 0 bridgehead atoms. The molecule has 11 heavy (non-hydrogen) atoms. The fourth-order valence-electron chi connectivity index (χ4n) is 0.642. The summed E-state index contributed by atoms with van der Waals surface area (Å²) >= 11 is 16.8. The molecule has 0 aromatic carbocycles. The van der Waals surface area contributed by atoms with E-state index in [2.05, 4.69) is 0 Å². The van der Waals surface area contributed by atoms with E-state index in [4.69, 9.17) is 34.8 Å². The first-order valence-electron chi connectivity index (χ1n) is 2.74. The van der Waals surface area contributed by atoms with E-state index in [1.54, 1.807) is 0 Å². The molecular weight excluding hydrogens is 208 g/mol. The molecule has 1 aromatic rings. The number of hydrogen-bond donors (Lipinski definition) is 0. The van der Waals surface area contributed by atoms with Gasteiger partial charge >= 0.3 is 0 Å². The molecule has 0 saturated heterocycles. The second kappa shape index (κ2) is 3.05. The standard InChI is InChI=1S/C6H4Cl3NO/c1-10-5(9)3(7)2-4(8)6(10)11/h2H,1H3. The third-order valence-electron chi connectivity index (χ3n) is 1.25. The maximum atomic E-state index is 11.0. The quantitative estimate of drug-likeness (QED) is 0.605. The van der Waals surface area contributed by atoms with Gasteiger partial charge in [0.05, 0.1) is 5.02 Å². The largest absolute Gasteiger partial charge is 0.300 e. The highest BCUT2D eigenvalue weighted by Crippen LogP contribution is 2.21. The molecule has 0 spiro atoms. The molecule has 2 nitrogen and oxygen atoms in total. The van der Waals surface area contributed by atoms with Crippen LogP contribution in [0.15, 0.2) is 10.9 Å². The van der Waals surface area contributed by atoms with Crippen LogP contribution in [0.2, 0.25) is 15.2 Å². The molecule has 1 rings (SSSR count).